The number of hydrogen-bond donors (Lipinski definition) is 0. The molecule has 0 heterocycles. The Hall–Kier alpha value is -1.99. The molecule has 0 nitrogen and oxygen atoms in total. The third-order valence-corrected chi connectivity index (χ3v) is 7.60. The number of hydrogen-bond acceptors (Lipinski definition) is 0. The van der Waals surface area contributed by atoms with Crippen molar-refractivity contribution in [1.82, 2.24) is 0 Å². The molecular weight excluding hydrogens is 332 g/mol. The van der Waals surface area contributed by atoms with Crippen LogP contribution >= 0.6 is 0 Å². The molecule has 0 aromatic heterocycles. The highest BCUT2D eigenvalue weighted by molar-refractivity contribution is 7.97. The van der Waals surface area contributed by atoms with E-state index in [1.54, 1.807) is 0 Å². The highest BCUT2D eigenvalue weighted by Crippen LogP contribution is 2.32. The van der Waals surface area contributed by atoms with Gasteiger partial charge in [-0.1, -0.05) is 80.6 Å². The minimum Gasteiger partial charge on any atom is -0.0619 e. The minimum absolute atomic E-state index is 0.0296. The first kappa shape index (κ1) is 17.4. The molecule has 0 spiro atoms. The molecule has 26 heavy (non-hydrogen) atoms. The standard InChI is InChI=1S/C25H27S/c1-4-10-21(11-5-1)20-22-16-18-25(19-17-22)26(23-12-6-2-7-13-23)24-14-8-3-9-15-24/h2-3,6-9,12-19,21H,1,4-5,10-11,20H2/q+1. The third-order valence-electron chi connectivity index (χ3n) is 5.37. The van der Waals surface area contributed by atoms with E-state index >= 15 is 0 Å². The molecule has 0 unspecified atom stereocenters. The van der Waals surface area contributed by atoms with E-state index in [9.17, 15) is 0 Å². The second-order valence-electron chi connectivity index (χ2n) is 7.28. The average molecular weight is 360 g/mol. The molecule has 0 radical (unpaired) electrons. The van der Waals surface area contributed by atoms with Gasteiger partial charge in [0.2, 0.25) is 0 Å². The molecule has 0 atom stereocenters. The molecule has 0 saturated heterocycles. The first-order valence-corrected chi connectivity index (χ1v) is 11.1. The molecule has 0 N–H and O–H groups in total. The summed E-state index contributed by atoms with van der Waals surface area (Å²) in [6.45, 7) is 0. The van der Waals surface area contributed by atoms with Crippen molar-refractivity contribution in [2.45, 2.75) is 53.2 Å². The molecular formula is C25H27S+. The van der Waals surface area contributed by atoms with Crippen molar-refractivity contribution < 1.29 is 0 Å². The van der Waals surface area contributed by atoms with Crippen LogP contribution < -0.4 is 0 Å². The van der Waals surface area contributed by atoms with Crippen LogP contribution in [0.2, 0.25) is 0 Å². The van der Waals surface area contributed by atoms with Gasteiger partial charge in [0, 0.05) is 0 Å². The Kier molecular flexibility index (Phi) is 5.76. The molecule has 0 amide bonds. The van der Waals surface area contributed by atoms with Crippen molar-refractivity contribution in [3.8, 4) is 0 Å². The van der Waals surface area contributed by atoms with Gasteiger partial charge in [0.25, 0.3) is 0 Å². The van der Waals surface area contributed by atoms with Crippen LogP contribution in [0.5, 0.6) is 0 Å². The number of rotatable bonds is 5. The Labute approximate surface area is 160 Å². The third kappa shape index (κ3) is 4.22. The molecule has 3 aromatic rings. The molecule has 132 valence electrons. The van der Waals surface area contributed by atoms with Gasteiger partial charge in [-0.05, 0) is 54.3 Å². The van der Waals surface area contributed by atoms with E-state index in [4.69, 9.17) is 0 Å². The Morgan fingerprint density at radius 1 is 0.577 bits per heavy atom. The largest absolute Gasteiger partial charge is 0.166 e. The monoisotopic (exact) mass is 359 g/mol. The van der Waals surface area contributed by atoms with Crippen molar-refractivity contribution in [2.75, 3.05) is 0 Å². The topological polar surface area (TPSA) is 0 Å². The van der Waals surface area contributed by atoms with Gasteiger partial charge in [-0.15, -0.1) is 0 Å². The maximum atomic E-state index is 2.37. The normalized spacial score (nSPS) is 15.3. The lowest BCUT2D eigenvalue weighted by Crippen LogP contribution is -2.09. The summed E-state index contributed by atoms with van der Waals surface area (Å²) >= 11 is 0. The van der Waals surface area contributed by atoms with E-state index in [-0.39, 0.29) is 10.9 Å². The average Bonchev–Trinajstić information content (AvgIpc) is 2.72. The lowest BCUT2D eigenvalue weighted by atomic mass is 9.85. The van der Waals surface area contributed by atoms with Gasteiger partial charge >= 0.3 is 0 Å². The van der Waals surface area contributed by atoms with Gasteiger partial charge in [0.1, 0.15) is 0 Å². The van der Waals surface area contributed by atoms with Crippen LogP contribution in [0.15, 0.2) is 99.6 Å². The van der Waals surface area contributed by atoms with Crippen molar-refractivity contribution in [1.29, 1.82) is 0 Å². The van der Waals surface area contributed by atoms with Crippen LogP contribution in [0.3, 0.4) is 0 Å². The second kappa shape index (κ2) is 8.60. The molecule has 4 rings (SSSR count). The van der Waals surface area contributed by atoms with E-state index in [2.05, 4.69) is 84.9 Å². The Balaban J connectivity index is 1.59. The second-order valence-corrected chi connectivity index (χ2v) is 9.31. The fraction of sp³-hybridized carbons (Fsp3) is 0.280. The first-order chi connectivity index (χ1) is 12.9. The van der Waals surface area contributed by atoms with Gasteiger partial charge in [-0.25, -0.2) is 0 Å². The lowest BCUT2D eigenvalue weighted by molar-refractivity contribution is 0.356. The highest BCUT2D eigenvalue weighted by atomic mass is 32.2. The van der Waals surface area contributed by atoms with E-state index in [0.29, 0.717) is 0 Å². The SMILES string of the molecule is c1ccc([S+](c2ccccc2)c2ccc(CC3CCCCC3)cc2)cc1. The Bertz CT molecular complexity index is 747. The zero-order chi connectivity index (χ0) is 17.6. The van der Waals surface area contributed by atoms with Gasteiger partial charge in [-0.3, -0.25) is 0 Å². The fourth-order valence-corrected chi connectivity index (χ4v) is 6.09. The summed E-state index contributed by atoms with van der Waals surface area (Å²) in [5.74, 6) is 0.899. The molecule has 0 aliphatic heterocycles. The molecule has 1 saturated carbocycles. The summed E-state index contributed by atoms with van der Waals surface area (Å²) in [5.41, 5.74) is 1.50. The maximum Gasteiger partial charge on any atom is 0.166 e. The summed E-state index contributed by atoms with van der Waals surface area (Å²) in [5, 5.41) is 0. The molecule has 1 heteroatoms. The van der Waals surface area contributed by atoms with Crippen LogP contribution in [0, 0.1) is 5.92 Å². The maximum absolute atomic E-state index is 2.37. The number of benzene rings is 3. The zero-order valence-corrected chi connectivity index (χ0v) is 16.1. The minimum atomic E-state index is -0.0296. The molecule has 1 fully saturated rings. The summed E-state index contributed by atoms with van der Waals surface area (Å²) in [4.78, 5) is 4.19. The predicted molar refractivity (Wildman–Crippen MR) is 112 cm³/mol. The quantitative estimate of drug-likeness (QED) is 0.434. The van der Waals surface area contributed by atoms with E-state index in [1.165, 1.54) is 58.8 Å². The summed E-state index contributed by atoms with van der Waals surface area (Å²) in [7, 11) is -0.0296. The van der Waals surface area contributed by atoms with Crippen LogP contribution in [0.25, 0.3) is 0 Å². The predicted octanol–water partition coefficient (Wildman–Crippen LogP) is 6.90. The van der Waals surface area contributed by atoms with Gasteiger partial charge < -0.3 is 0 Å². The lowest BCUT2D eigenvalue weighted by Gasteiger charge is -2.21. The van der Waals surface area contributed by atoms with E-state index in [0.717, 1.165) is 5.92 Å². The van der Waals surface area contributed by atoms with Crippen LogP contribution in [0.1, 0.15) is 37.7 Å². The van der Waals surface area contributed by atoms with Crippen LogP contribution in [0.4, 0.5) is 0 Å². The van der Waals surface area contributed by atoms with Gasteiger partial charge in [-0.2, -0.15) is 0 Å². The van der Waals surface area contributed by atoms with Crippen LogP contribution in [-0.2, 0) is 17.3 Å². The van der Waals surface area contributed by atoms with Crippen LogP contribution in [-0.4, -0.2) is 0 Å². The highest BCUT2D eigenvalue weighted by Gasteiger charge is 2.28. The Morgan fingerprint density at radius 3 is 1.62 bits per heavy atom. The molecule has 0 bridgehead atoms. The Morgan fingerprint density at radius 2 is 1.08 bits per heavy atom. The molecule has 1 aliphatic carbocycles. The van der Waals surface area contributed by atoms with Crippen molar-refractivity contribution in [3.05, 3.63) is 90.5 Å². The molecule has 3 aromatic carbocycles. The first-order valence-electron chi connectivity index (χ1n) is 9.83. The summed E-state index contributed by atoms with van der Waals surface area (Å²) in [6.07, 6.45) is 8.37. The smallest absolute Gasteiger partial charge is 0.0619 e. The fourth-order valence-electron chi connectivity index (χ4n) is 4.01. The summed E-state index contributed by atoms with van der Waals surface area (Å²) in [6, 6.07) is 31.3. The van der Waals surface area contributed by atoms with Crippen molar-refractivity contribution >= 4 is 10.9 Å². The van der Waals surface area contributed by atoms with Crippen molar-refractivity contribution in [3.63, 3.8) is 0 Å². The van der Waals surface area contributed by atoms with E-state index < -0.39 is 0 Å². The van der Waals surface area contributed by atoms with Crippen molar-refractivity contribution in [2.24, 2.45) is 5.92 Å². The van der Waals surface area contributed by atoms with Gasteiger partial charge in [0.15, 0.2) is 14.7 Å². The van der Waals surface area contributed by atoms with E-state index in [1.807, 2.05) is 0 Å². The zero-order valence-electron chi connectivity index (χ0n) is 15.3. The van der Waals surface area contributed by atoms with Gasteiger partial charge in [0.05, 0.1) is 10.9 Å². The molecule has 1 aliphatic rings. The summed E-state index contributed by atoms with van der Waals surface area (Å²) < 4.78 is 0.